The Morgan fingerprint density at radius 1 is 0.939 bits per heavy atom. The third-order valence-corrected chi connectivity index (χ3v) is 5.80. The summed E-state index contributed by atoms with van der Waals surface area (Å²) in [7, 11) is 0. The van der Waals surface area contributed by atoms with E-state index >= 15 is 0 Å². The molecule has 2 heterocycles. The number of benzene rings is 3. The number of halogens is 1. The van der Waals surface area contributed by atoms with Gasteiger partial charge in [0.2, 0.25) is 0 Å². The number of rotatable bonds is 5. The predicted octanol–water partition coefficient (Wildman–Crippen LogP) is 5.23. The highest BCUT2D eigenvalue weighted by Crippen LogP contribution is 2.26. The summed E-state index contributed by atoms with van der Waals surface area (Å²) in [6, 6.07) is 21.9. The van der Waals surface area contributed by atoms with E-state index in [0.29, 0.717) is 6.54 Å². The molecule has 5 rings (SSSR count). The number of amides is 3. The maximum atomic E-state index is 14.0. The van der Waals surface area contributed by atoms with E-state index in [0.717, 1.165) is 21.4 Å². The highest BCUT2D eigenvalue weighted by atomic mass is 19.1. The van der Waals surface area contributed by atoms with Gasteiger partial charge in [-0.05, 0) is 30.7 Å². The van der Waals surface area contributed by atoms with Crippen LogP contribution in [0.25, 0.3) is 17.0 Å². The minimum atomic E-state index is -0.557. The van der Waals surface area contributed by atoms with Crippen molar-refractivity contribution >= 4 is 28.9 Å². The van der Waals surface area contributed by atoms with Crippen molar-refractivity contribution in [3.63, 3.8) is 0 Å². The number of nitrogens with one attached hydrogen (secondary N) is 1. The lowest BCUT2D eigenvalue weighted by Gasteiger charge is -2.12. The van der Waals surface area contributed by atoms with E-state index in [9.17, 15) is 14.0 Å². The zero-order chi connectivity index (χ0) is 22.9. The Morgan fingerprint density at radius 2 is 1.73 bits per heavy atom. The van der Waals surface area contributed by atoms with Crippen molar-refractivity contribution in [3.05, 3.63) is 113 Å². The van der Waals surface area contributed by atoms with Gasteiger partial charge in [-0.1, -0.05) is 66.2 Å². The summed E-state index contributed by atoms with van der Waals surface area (Å²) in [5, 5.41) is 3.62. The summed E-state index contributed by atoms with van der Waals surface area (Å²) in [5.41, 5.74) is 4.70. The monoisotopic (exact) mass is 439 g/mol. The quantitative estimate of drug-likeness (QED) is 0.342. The molecule has 5 nitrogen and oxygen atoms in total. The molecule has 1 N–H and O–H groups in total. The first-order valence-corrected chi connectivity index (χ1v) is 10.7. The van der Waals surface area contributed by atoms with Crippen LogP contribution in [0.4, 0.5) is 9.18 Å². The third kappa shape index (κ3) is 4.03. The Labute approximate surface area is 190 Å². The number of imide groups is 1. The van der Waals surface area contributed by atoms with Gasteiger partial charge in [-0.2, -0.15) is 0 Å². The van der Waals surface area contributed by atoms with Gasteiger partial charge in [0.1, 0.15) is 11.5 Å². The fourth-order valence-electron chi connectivity index (χ4n) is 4.20. The van der Waals surface area contributed by atoms with E-state index in [-0.39, 0.29) is 17.8 Å². The fourth-order valence-corrected chi connectivity index (χ4v) is 4.20. The molecule has 0 unspecified atom stereocenters. The molecule has 0 spiro atoms. The van der Waals surface area contributed by atoms with E-state index in [1.54, 1.807) is 24.3 Å². The maximum absolute atomic E-state index is 14.0. The maximum Gasteiger partial charge on any atom is 0.329 e. The Bertz CT molecular complexity index is 1420. The third-order valence-electron chi connectivity index (χ3n) is 5.80. The van der Waals surface area contributed by atoms with Gasteiger partial charge < -0.3 is 9.88 Å². The van der Waals surface area contributed by atoms with E-state index in [1.165, 1.54) is 17.2 Å². The molecule has 1 aliphatic rings. The number of fused-ring (bicyclic) bond motifs is 1. The Hall–Kier alpha value is -4.19. The zero-order valence-corrected chi connectivity index (χ0v) is 18.1. The number of aromatic nitrogens is 1. The smallest absolute Gasteiger partial charge is 0.329 e. The molecule has 0 atom stereocenters. The van der Waals surface area contributed by atoms with E-state index in [4.69, 9.17) is 0 Å². The summed E-state index contributed by atoms with van der Waals surface area (Å²) >= 11 is 0. The van der Waals surface area contributed by atoms with Crippen LogP contribution in [0.1, 0.15) is 22.3 Å². The van der Waals surface area contributed by atoms with Crippen LogP contribution >= 0.6 is 0 Å². The molecule has 4 aromatic rings. The molecule has 3 amide bonds. The van der Waals surface area contributed by atoms with E-state index in [2.05, 4.69) is 35.0 Å². The number of aryl methyl sites for hydroxylation is 1. The Kier molecular flexibility index (Phi) is 5.26. The number of carbonyl (C=O) groups is 2. The largest absolute Gasteiger partial charge is 0.342 e. The van der Waals surface area contributed by atoms with Crippen LogP contribution in [0, 0.1) is 12.7 Å². The first-order chi connectivity index (χ1) is 16.0. The molecule has 1 fully saturated rings. The Balaban J connectivity index is 1.47. The predicted molar refractivity (Wildman–Crippen MR) is 126 cm³/mol. The van der Waals surface area contributed by atoms with Crippen molar-refractivity contribution < 1.29 is 14.0 Å². The molecule has 0 saturated carbocycles. The lowest BCUT2D eigenvalue weighted by atomic mass is 10.1. The van der Waals surface area contributed by atoms with Gasteiger partial charge in [0.15, 0.2) is 0 Å². The van der Waals surface area contributed by atoms with Gasteiger partial charge in [-0.25, -0.2) is 9.18 Å². The second-order valence-corrected chi connectivity index (χ2v) is 8.19. The van der Waals surface area contributed by atoms with Crippen molar-refractivity contribution in [2.24, 2.45) is 0 Å². The number of urea groups is 1. The molecule has 0 radical (unpaired) electrons. The first-order valence-electron chi connectivity index (χ1n) is 10.7. The minimum Gasteiger partial charge on any atom is -0.342 e. The molecule has 0 bridgehead atoms. The molecule has 1 saturated heterocycles. The normalized spacial score (nSPS) is 15.0. The van der Waals surface area contributed by atoms with Gasteiger partial charge in [0, 0.05) is 34.8 Å². The minimum absolute atomic E-state index is 0.121. The molecule has 3 aromatic carbocycles. The number of para-hydroxylation sites is 1. The van der Waals surface area contributed by atoms with Crippen LogP contribution in [-0.4, -0.2) is 21.4 Å². The number of hydrogen-bond donors (Lipinski definition) is 1. The molecule has 0 aliphatic carbocycles. The van der Waals surface area contributed by atoms with Gasteiger partial charge in [0.05, 0.1) is 6.54 Å². The summed E-state index contributed by atoms with van der Waals surface area (Å²) in [4.78, 5) is 26.4. The fraction of sp³-hybridized carbons (Fsp3) is 0.111. The van der Waals surface area contributed by atoms with Crippen LogP contribution in [0.15, 0.2) is 84.7 Å². The second kappa shape index (κ2) is 8.39. The molecule has 164 valence electrons. The summed E-state index contributed by atoms with van der Waals surface area (Å²) in [5.74, 6) is -0.923. The van der Waals surface area contributed by atoms with Crippen LogP contribution < -0.4 is 5.32 Å². The number of nitrogens with zero attached hydrogens (tertiary/aromatic N) is 2. The SMILES string of the molecule is Cc1cccc(Cn2cc(C=C3NC(=O)N(Cc4ccccc4F)C3=O)c3ccccc32)c1. The van der Waals surface area contributed by atoms with E-state index < -0.39 is 17.8 Å². The highest BCUT2D eigenvalue weighted by molar-refractivity contribution is 6.14. The summed E-state index contributed by atoms with van der Waals surface area (Å²) in [6.07, 6.45) is 3.68. The van der Waals surface area contributed by atoms with Crippen molar-refractivity contribution in [3.8, 4) is 0 Å². The number of hydrogen-bond acceptors (Lipinski definition) is 2. The van der Waals surface area contributed by atoms with Gasteiger partial charge in [-0.3, -0.25) is 9.69 Å². The molecule has 1 aromatic heterocycles. The Morgan fingerprint density at radius 3 is 2.55 bits per heavy atom. The van der Waals surface area contributed by atoms with Crippen LogP contribution in [0.5, 0.6) is 0 Å². The average Bonchev–Trinajstić information content (AvgIpc) is 3.27. The van der Waals surface area contributed by atoms with Crippen LogP contribution in [0.2, 0.25) is 0 Å². The highest BCUT2D eigenvalue weighted by Gasteiger charge is 2.34. The topological polar surface area (TPSA) is 54.3 Å². The molecule has 6 heteroatoms. The van der Waals surface area contributed by atoms with Crippen molar-refractivity contribution in [2.45, 2.75) is 20.0 Å². The van der Waals surface area contributed by atoms with Crippen molar-refractivity contribution in [1.82, 2.24) is 14.8 Å². The van der Waals surface area contributed by atoms with Crippen molar-refractivity contribution in [2.75, 3.05) is 0 Å². The average molecular weight is 439 g/mol. The lowest BCUT2D eigenvalue weighted by molar-refractivity contribution is -0.123. The van der Waals surface area contributed by atoms with Crippen LogP contribution in [-0.2, 0) is 17.9 Å². The van der Waals surface area contributed by atoms with Gasteiger partial charge in [-0.15, -0.1) is 0 Å². The number of carbonyl (C=O) groups excluding carboxylic acids is 2. The summed E-state index contributed by atoms with van der Waals surface area (Å²) in [6.45, 7) is 2.63. The molecular formula is C27H22FN3O2. The van der Waals surface area contributed by atoms with Gasteiger partial charge in [0.25, 0.3) is 5.91 Å². The van der Waals surface area contributed by atoms with Crippen molar-refractivity contribution in [1.29, 1.82) is 0 Å². The summed E-state index contributed by atoms with van der Waals surface area (Å²) < 4.78 is 16.2. The second-order valence-electron chi connectivity index (χ2n) is 8.19. The molecule has 33 heavy (non-hydrogen) atoms. The molecular weight excluding hydrogens is 417 g/mol. The lowest BCUT2D eigenvalue weighted by Crippen LogP contribution is -2.30. The standard InChI is InChI=1S/C27H22FN3O2/c1-18-7-6-8-19(13-18)15-30-16-21(22-10-3-5-12-25(22)30)14-24-26(32)31(27(33)29-24)17-20-9-2-4-11-23(20)28/h2-14,16H,15,17H2,1H3,(H,29,33). The van der Waals surface area contributed by atoms with Gasteiger partial charge >= 0.3 is 6.03 Å². The first kappa shape index (κ1) is 20.7. The zero-order valence-electron chi connectivity index (χ0n) is 18.1. The van der Waals surface area contributed by atoms with E-state index in [1.807, 2.05) is 36.5 Å². The molecule has 1 aliphatic heterocycles. The van der Waals surface area contributed by atoms with Crippen LogP contribution in [0.3, 0.4) is 0 Å².